The number of esters is 2. The maximum atomic E-state index is 13.5. The molecule has 0 saturated heterocycles. The Kier molecular flexibility index (Phi) is 7.28. The molecule has 0 heterocycles. The Labute approximate surface area is 240 Å². The van der Waals surface area contributed by atoms with E-state index in [0.29, 0.717) is 35.4 Å². The van der Waals surface area contributed by atoms with Crippen molar-refractivity contribution in [2.24, 2.45) is 17.3 Å². The van der Waals surface area contributed by atoms with Gasteiger partial charge in [-0.25, -0.2) is 4.79 Å². The van der Waals surface area contributed by atoms with Crippen LogP contribution < -0.4 is 10.1 Å². The second kappa shape index (κ2) is 11.0. The molecule has 4 aliphatic rings. The molecule has 7 rings (SSSR count). The van der Waals surface area contributed by atoms with Crippen molar-refractivity contribution in [3.63, 3.8) is 0 Å². The van der Waals surface area contributed by atoms with E-state index in [4.69, 9.17) is 14.2 Å². The molecule has 3 aromatic carbocycles. The summed E-state index contributed by atoms with van der Waals surface area (Å²) in [6.45, 7) is 0.160. The van der Waals surface area contributed by atoms with E-state index in [0.717, 1.165) is 37.7 Å². The molecule has 0 radical (unpaired) electrons. The van der Waals surface area contributed by atoms with Gasteiger partial charge >= 0.3 is 11.9 Å². The molecule has 1 N–H and O–H groups in total. The molecular formula is C34H35NO6. The summed E-state index contributed by atoms with van der Waals surface area (Å²) < 4.78 is 16.4. The molecular weight excluding hydrogens is 518 g/mol. The average molecular weight is 554 g/mol. The van der Waals surface area contributed by atoms with Crippen LogP contribution in [-0.4, -0.2) is 31.6 Å². The first-order valence-electron chi connectivity index (χ1n) is 14.3. The highest BCUT2D eigenvalue weighted by atomic mass is 16.5. The smallest absolute Gasteiger partial charge is 0.337 e. The Morgan fingerprint density at radius 1 is 0.878 bits per heavy atom. The fraction of sp³-hybridized carbons (Fsp3) is 0.382. The van der Waals surface area contributed by atoms with Gasteiger partial charge in [-0.05, 0) is 97.2 Å². The monoisotopic (exact) mass is 553 g/mol. The summed E-state index contributed by atoms with van der Waals surface area (Å²) in [6.07, 6.45) is 6.09. The van der Waals surface area contributed by atoms with Gasteiger partial charge in [-0.3, -0.25) is 9.59 Å². The van der Waals surface area contributed by atoms with Gasteiger partial charge in [0.1, 0.15) is 12.4 Å². The molecule has 0 aliphatic heterocycles. The molecule has 0 spiro atoms. The molecule has 4 saturated carbocycles. The topological polar surface area (TPSA) is 90.9 Å². The highest BCUT2D eigenvalue weighted by Gasteiger charge is 2.61. The van der Waals surface area contributed by atoms with Crippen LogP contribution in [0.4, 0.5) is 5.69 Å². The van der Waals surface area contributed by atoms with Crippen LogP contribution >= 0.6 is 0 Å². The lowest BCUT2D eigenvalue weighted by molar-refractivity contribution is -0.175. The van der Waals surface area contributed by atoms with Crippen molar-refractivity contribution < 1.29 is 28.6 Å². The highest BCUT2D eigenvalue weighted by Crippen LogP contribution is 2.66. The minimum atomic E-state index is -0.466. The van der Waals surface area contributed by atoms with E-state index < -0.39 is 11.4 Å². The van der Waals surface area contributed by atoms with Gasteiger partial charge in [0.25, 0.3) is 5.91 Å². The largest absolute Gasteiger partial charge is 0.484 e. The van der Waals surface area contributed by atoms with E-state index in [1.165, 1.54) is 19.1 Å². The van der Waals surface area contributed by atoms with E-state index in [-0.39, 0.29) is 23.9 Å². The molecule has 41 heavy (non-hydrogen) atoms. The van der Waals surface area contributed by atoms with Gasteiger partial charge in [-0.2, -0.15) is 0 Å². The number of carbonyl (C=O) groups excluding carboxylic acids is 3. The summed E-state index contributed by atoms with van der Waals surface area (Å²) >= 11 is 0. The molecule has 2 atom stereocenters. The van der Waals surface area contributed by atoms with E-state index in [1.54, 1.807) is 24.3 Å². The Balaban J connectivity index is 1.09. The number of benzene rings is 3. The number of carbonyl (C=O) groups is 3. The minimum Gasteiger partial charge on any atom is -0.484 e. The lowest BCUT2D eigenvalue weighted by atomic mass is 9.43. The Morgan fingerprint density at radius 3 is 2.32 bits per heavy atom. The van der Waals surface area contributed by atoms with Crippen molar-refractivity contribution in [3.8, 4) is 5.75 Å². The van der Waals surface area contributed by atoms with Crippen molar-refractivity contribution in [2.75, 3.05) is 19.0 Å². The summed E-state index contributed by atoms with van der Waals surface area (Å²) in [7, 11) is 1.31. The van der Waals surface area contributed by atoms with Gasteiger partial charge in [0.2, 0.25) is 0 Å². The zero-order chi connectivity index (χ0) is 28.5. The van der Waals surface area contributed by atoms with Crippen LogP contribution in [0.3, 0.4) is 0 Å². The Morgan fingerprint density at radius 2 is 1.61 bits per heavy atom. The van der Waals surface area contributed by atoms with Gasteiger partial charge in [0.15, 0.2) is 6.61 Å². The lowest BCUT2D eigenvalue weighted by Crippen LogP contribution is -2.57. The maximum Gasteiger partial charge on any atom is 0.337 e. The molecule has 7 heteroatoms. The fourth-order valence-electron chi connectivity index (χ4n) is 7.81. The number of ether oxygens (including phenoxy) is 3. The number of nitrogens with one attached hydrogen (secondary N) is 1. The summed E-state index contributed by atoms with van der Waals surface area (Å²) in [5.41, 5.74) is 2.67. The van der Waals surface area contributed by atoms with Crippen molar-refractivity contribution in [1.82, 2.24) is 0 Å². The van der Waals surface area contributed by atoms with Crippen molar-refractivity contribution >= 4 is 23.5 Å². The zero-order valence-corrected chi connectivity index (χ0v) is 23.3. The molecule has 0 aromatic heterocycles. The number of amides is 1. The predicted octanol–water partition coefficient (Wildman–Crippen LogP) is 6.07. The lowest BCUT2D eigenvalue weighted by Gasteiger charge is -2.61. The average Bonchev–Trinajstić information content (AvgIpc) is 2.98. The molecule has 4 fully saturated rings. The molecule has 212 valence electrons. The van der Waals surface area contributed by atoms with Crippen LogP contribution in [0, 0.1) is 17.3 Å². The summed E-state index contributed by atoms with van der Waals surface area (Å²) in [4.78, 5) is 37.8. The summed E-state index contributed by atoms with van der Waals surface area (Å²) in [5.74, 6) is 0.854. The minimum absolute atomic E-state index is 0.0313. The normalized spacial score (nSPS) is 25.8. The number of rotatable bonds is 9. The van der Waals surface area contributed by atoms with Gasteiger partial charge in [-0.15, -0.1) is 0 Å². The van der Waals surface area contributed by atoms with Crippen LogP contribution in [-0.2, 0) is 31.1 Å². The molecule has 2 unspecified atom stereocenters. The third kappa shape index (κ3) is 5.58. The first-order valence-corrected chi connectivity index (χ1v) is 14.3. The number of methoxy groups -OCH3 is 1. The number of anilines is 1. The quantitative estimate of drug-likeness (QED) is 0.324. The fourth-order valence-corrected chi connectivity index (χ4v) is 7.81. The van der Waals surface area contributed by atoms with E-state index in [1.807, 2.05) is 42.5 Å². The van der Waals surface area contributed by atoms with Crippen molar-refractivity contribution in [3.05, 3.63) is 95.6 Å². The van der Waals surface area contributed by atoms with Gasteiger partial charge in [-0.1, -0.05) is 48.5 Å². The van der Waals surface area contributed by atoms with Gasteiger partial charge < -0.3 is 19.5 Å². The van der Waals surface area contributed by atoms with Gasteiger partial charge in [0.05, 0.1) is 18.1 Å². The molecule has 4 aliphatic carbocycles. The van der Waals surface area contributed by atoms with Crippen molar-refractivity contribution in [2.45, 2.75) is 50.5 Å². The van der Waals surface area contributed by atoms with Crippen LogP contribution in [0.1, 0.15) is 60.0 Å². The zero-order valence-electron chi connectivity index (χ0n) is 23.3. The summed E-state index contributed by atoms with van der Waals surface area (Å²) in [6, 6.07) is 24.5. The Hall–Kier alpha value is -4.13. The van der Waals surface area contributed by atoms with E-state index in [9.17, 15) is 14.4 Å². The first-order chi connectivity index (χ1) is 19.9. The summed E-state index contributed by atoms with van der Waals surface area (Å²) in [5, 5.41) is 2.75. The SMILES string of the molecule is COC(=O)c1cccc(NC(=O)COc2ccc(C34CC5CC(CC(C(=O)OCc6ccccc6)(C5)C3)C4)cc2)c1. The van der Waals surface area contributed by atoms with Crippen LogP contribution in [0.2, 0.25) is 0 Å². The van der Waals surface area contributed by atoms with E-state index >= 15 is 0 Å². The molecule has 7 nitrogen and oxygen atoms in total. The molecule has 1 amide bonds. The predicted molar refractivity (Wildman–Crippen MR) is 153 cm³/mol. The van der Waals surface area contributed by atoms with Crippen LogP contribution in [0.25, 0.3) is 0 Å². The highest BCUT2D eigenvalue weighted by molar-refractivity contribution is 5.95. The molecule has 3 aromatic rings. The standard InChI is InChI=1S/C34H35NO6/c1-39-31(37)26-8-5-9-28(15-26)35-30(36)21-40-29-12-10-27(11-13-29)33-16-24-14-25(17-33)19-34(18-24,22-33)32(38)41-20-23-6-3-2-4-7-23/h2-13,15,24-25H,14,16-22H2,1H3,(H,35,36). The van der Waals surface area contributed by atoms with Crippen LogP contribution in [0.5, 0.6) is 5.75 Å². The third-order valence-corrected chi connectivity index (χ3v) is 9.11. The second-order valence-electron chi connectivity index (χ2n) is 12.0. The maximum absolute atomic E-state index is 13.5. The van der Waals surface area contributed by atoms with Crippen molar-refractivity contribution in [1.29, 1.82) is 0 Å². The van der Waals surface area contributed by atoms with Crippen LogP contribution in [0.15, 0.2) is 78.9 Å². The number of hydrogen-bond acceptors (Lipinski definition) is 6. The number of hydrogen-bond donors (Lipinski definition) is 1. The van der Waals surface area contributed by atoms with Gasteiger partial charge in [0, 0.05) is 5.69 Å². The Bertz CT molecular complexity index is 1420. The second-order valence-corrected chi connectivity index (χ2v) is 12.0. The molecule has 4 bridgehead atoms. The van der Waals surface area contributed by atoms with E-state index in [2.05, 4.69) is 17.4 Å². The first kappa shape index (κ1) is 27.1. The third-order valence-electron chi connectivity index (χ3n) is 9.11.